The molecule has 4 heteroatoms. The zero-order chi connectivity index (χ0) is 6.41. The second-order valence-corrected chi connectivity index (χ2v) is 13.2. The normalized spacial score (nSPS) is 23.1. The molecule has 8 heavy (non-hydrogen) atoms. The quantitative estimate of drug-likeness (QED) is 0.506. The van der Waals surface area contributed by atoms with E-state index >= 15 is 0 Å². The molecule has 1 aliphatic heterocycles. The van der Waals surface area contributed by atoms with Crippen LogP contribution in [0.4, 0.5) is 0 Å². The van der Waals surface area contributed by atoms with Crippen LogP contribution in [0.3, 0.4) is 0 Å². The molecule has 1 atom stereocenters. The molecule has 1 nitrogen and oxygen atoms in total. The summed E-state index contributed by atoms with van der Waals surface area (Å²) in [4.78, 5) is 0. The Hall–Kier alpha value is 2.00. The van der Waals surface area contributed by atoms with Crippen molar-refractivity contribution >= 4 is 40.0 Å². The number of ether oxygens (including phenoxy) is 1. The molecule has 0 aromatic rings. The van der Waals surface area contributed by atoms with E-state index in [1.807, 2.05) is 0 Å². The van der Waals surface area contributed by atoms with E-state index in [0.29, 0.717) is 15.6 Å². The van der Waals surface area contributed by atoms with E-state index in [-0.39, 0.29) is 0 Å². The molecule has 1 fully saturated rings. The standard InChI is InChI=1S/C4H8O.2HI.V/c1-2-4-3-5-4;;;/h4H,2-3H2,1H3;2*1H;/q;;;+2/p-2/t4-;;;/m1.../s1. The summed E-state index contributed by atoms with van der Waals surface area (Å²) < 4.78 is 4.86. The molecule has 0 amide bonds. The van der Waals surface area contributed by atoms with E-state index in [1.54, 1.807) is 0 Å². The summed E-state index contributed by atoms with van der Waals surface area (Å²) in [5.41, 5.74) is 0. The van der Waals surface area contributed by atoms with Gasteiger partial charge in [0.1, 0.15) is 0 Å². The van der Waals surface area contributed by atoms with Crippen LogP contribution in [0.5, 0.6) is 0 Å². The minimum atomic E-state index is 0.628. The average Bonchev–Trinajstić information content (AvgIpc) is 2.48. The van der Waals surface area contributed by atoms with Crippen molar-refractivity contribution < 1.29 is 14.2 Å². The maximum atomic E-state index is 4.86. The first-order valence-corrected chi connectivity index (χ1v) is 11.4. The second kappa shape index (κ2) is 7.12. The molecular formula is C4H8I2OV. The van der Waals surface area contributed by atoms with Crippen LogP contribution in [0.2, 0.25) is 0 Å². The maximum absolute atomic E-state index is 4.86. The first-order chi connectivity index (χ1) is 3.85. The van der Waals surface area contributed by atoms with Gasteiger partial charge < -0.3 is 4.74 Å². The molecule has 1 heterocycles. The average molecular weight is 377 g/mol. The summed E-state index contributed by atoms with van der Waals surface area (Å²) in [5.74, 6) is 0. The SMILES string of the molecule is CC[C@@H]1CO1.[I][V][I]. The van der Waals surface area contributed by atoms with E-state index in [1.165, 1.54) is 6.42 Å². The minimum absolute atomic E-state index is 0.628. The Morgan fingerprint density at radius 3 is 2.12 bits per heavy atom. The summed E-state index contributed by atoms with van der Waals surface area (Å²) >= 11 is 4.74. The van der Waals surface area contributed by atoms with Gasteiger partial charge in [0.05, 0.1) is 12.7 Å². The van der Waals surface area contributed by atoms with Crippen LogP contribution in [0.15, 0.2) is 0 Å². The molecule has 0 aliphatic carbocycles. The number of rotatable bonds is 1. The van der Waals surface area contributed by atoms with Gasteiger partial charge in [-0.15, -0.1) is 0 Å². The molecule has 0 radical (unpaired) electrons. The molecular weight excluding hydrogens is 369 g/mol. The molecule has 1 aliphatic rings. The number of epoxide rings is 1. The predicted octanol–water partition coefficient (Wildman–Crippen LogP) is 2.56. The second-order valence-electron chi connectivity index (χ2n) is 1.43. The van der Waals surface area contributed by atoms with Crippen LogP contribution in [-0.2, 0) is 14.2 Å². The Labute approximate surface area is 79.2 Å². The van der Waals surface area contributed by atoms with E-state index in [4.69, 9.17) is 4.74 Å². The summed E-state index contributed by atoms with van der Waals surface area (Å²) in [6.07, 6.45) is 1.83. The van der Waals surface area contributed by atoms with Crippen molar-refractivity contribution in [1.29, 1.82) is 0 Å². The van der Waals surface area contributed by atoms with Crippen LogP contribution in [0.1, 0.15) is 13.3 Å². The van der Waals surface area contributed by atoms with Crippen molar-refractivity contribution in [3.8, 4) is 0 Å². The Bertz CT molecular complexity index is 49.3. The van der Waals surface area contributed by atoms with Crippen molar-refractivity contribution in [2.75, 3.05) is 6.61 Å². The van der Waals surface area contributed by atoms with Crippen LogP contribution in [-0.4, -0.2) is 12.7 Å². The third kappa shape index (κ3) is 8.00. The fourth-order valence-electron chi connectivity index (χ4n) is 0.304. The first-order valence-electron chi connectivity index (χ1n) is 2.39. The summed E-state index contributed by atoms with van der Waals surface area (Å²) in [6.45, 7) is 3.15. The van der Waals surface area contributed by atoms with Gasteiger partial charge in [-0.1, -0.05) is 6.92 Å². The summed E-state index contributed by atoms with van der Waals surface area (Å²) in [6, 6.07) is 0. The zero-order valence-corrected chi connectivity index (χ0v) is 10.3. The molecule has 0 spiro atoms. The fourth-order valence-corrected chi connectivity index (χ4v) is 0.304. The molecule has 1 rings (SSSR count). The van der Waals surface area contributed by atoms with Crippen molar-refractivity contribution in [3.63, 3.8) is 0 Å². The molecule has 0 aromatic heterocycles. The summed E-state index contributed by atoms with van der Waals surface area (Å²) in [5, 5.41) is 0. The van der Waals surface area contributed by atoms with Gasteiger partial charge in [-0.25, -0.2) is 0 Å². The molecule has 0 N–H and O–H groups in total. The Balaban J connectivity index is 0.000000145. The van der Waals surface area contributed by atoms with Gasteiger partial charge in [0.25, 0.3) is 0 Å². The predicted molar refractivity (Wildman–Crippen MR) is 48.1 cm³/mol. The van der Waals surface area contributed by atoms with Gasteiger partial charge >= 0.3 is 49.4 Å². The first kappa shape index (κ1) is 10.0. The third-order valence-corrected chi connectivity index (χ3v) is 0.858. The molecule has 0 bridgehead atoms. The third-order valence-electron chi connectivity index (χ3n) is 0.858. The Morgan fingerprint density at radius 1 is 1.75 bits per heavy atom. The molecule has 0 saturated carbocycles. The van der Waals surface area contributed by atoms with Crippen molar-refractivity contribution in [3.05, 3.63) is 0 Å². The number of hydrogen-bond donors (Lipinski definition) is 0. The summed E-state index contributed by atoms with van der Waals surface area (Å²) in [7, 11) is 0.628. The van der Waals surface area contributed by atoms with Gasteiger partial charge in [0.2, 0.25) is 0 Å². The Kier molecular flexibility index (Phi) is 8.90. The van der Waals surface area contributed by atoms with E-state index in [0.717, 1.165) is 6.61 Å². The number of hydrogen-bond acceptors (Lipinski definition) is 1. The van der Waals surface area contributed by atoms with Gasteiger partial charge in [-0.05, 0) is 6.42 Å². The Morgan fingerprint density at radius 2 is 2.12 bits per heavy atom. The van der Waals surface area contributed by atoms with Gasteiger partial charge in [0.15, 0.2) is 0 Å². The van der Waals surface area contributed by atoms with Crippen molar-refractivity contribution in [1.82, 2.24) is 0 Å². The van der Waals surface area contributed by atoms with Crippen molar-refractivity contribution in [2.45, 2.75) is 19.4 Å². The number of halogens is 2. The van der Waals surface area contributed by atoms with Crippen LogP contribution in [0, 0.1) is 0 Å². The molecule has 0 unspecified atom stereocenters. The van der Waals surface area contributed by atoms with Crippen LogP contribution in [0.25, 0.3) is 0 Å². The molecule has 49 valence electrons. The molecule has 1 saturated heterocycles. The van der Waals surface area contributed by atoms with Gasteiger partial charge in [0, 0.05) is 0 Å². The van der Waals surface area contributed by atoms with Crippen LogP contribution >= 0.6 is 40.0 Å². The topological polar surface area (TPSA) is 12.5 Å². The fraction of sp³-hybridized carbons (Fsp3) is 1.00. The van der Waals surface area contributed by atoms with Gasteiger partial charge in [-0.3, -0.25) is 0 Å². The van der Waals surface area contributed by atoms with Gasteiger partial charge in [-0.2, -0.15) is 0 Å². The van der Waals surface area contributed by atoms with E-state index in [2.05, 4.69) is 46.9 Å². The monoisotopic (exact) mass is 377 g/mol. The van der Waals surface area contributed by atoms with Crippen molar-refractivity contribution in [2.24, 2.45) is 0 Å². The van der Waals surface area contributed by atoms with Crippen LogP contribution < -0.4 is 0 Å². The van der Waals surface area contributed by atoms with E-state index in [9.17, 15) is 0 Å². The van der Waals surface area contributed by atoms with E-state index < -0.39 is 0 Å². The zero-order valence-electron chi connectivity index (χ0n) is 4.60. The molecule has 0 aromatic carbocycles.